The van der Waals surface area contributed by atoms with Crippen molar-refractivity contribution in [2.75, 3.05) is 25.6 Å². The zero-order chi connectivity index (χ0) is 12.1. The van der Waals surface area contributed by atoms with Crippen molar-refractivity contribution in [2.45, 2.75) is 19.1 Å². The Morgan fingerprint density at radius 1 is 1.53 bits per heavy atom. The molecule has 0 aromatic carbocycles. The normalized spacial score (nSPS) is 13.7. The van der Waals surface area contributed by atoms with Crippen molar-refractivity contribution >= 4 is 21.8 Å². The van der Waals surface area contributed by atoms with E-state index in [0.29, 0.717) is 5.33 Å². The Morgan fingerprint density at radius 2 is 2.07 bits per heavy atom. The van der Waals surface area contributed by atoms with E-state index < -0.39 is 25.3 Å². The number of nitrogens with zero attached hydrogens (tertiary/aromatic N) is 1. The van der Waals surface area contributed by atoms with Crippen molar-refractivity contribution in [3.8, 4) is 0 Å². The van der Waals surface area contributed by atoms with Gasteiger partial charge in [0.25, 0.3) is 0 Å². The van der Waals surface area contributed by atoms with Gasteiger partial charge in [-0.25, -0.2) is 0 Å². The summed E-state index contributed by atoms with van der Waals surface area (Å²) in [6.45, 7) is -0.168. The van der Waals surface area contributed by atoms with E-state index in [1.54, 1.807) is 6.92 Å². The molecule has 0 N–H and O–H groups in total. The van der Waals surface area contributed by atoms with Gasteiger partial charge in [-0.3, -0.25) is 4.79 Å². The average molecular weight is 292 g/mol. The summed E-state index contributed by atoms with van der Waals surface area (Å²) < 4.78 is 39.3. The SMILES string of the molecule is CC(CBr)N(C)C(=O)COCC(F)(F)F. The van der Waals surface area contributed by atoms with Gasteiger partial charge in [0.2, 0.25) is 5.91 Å². The molecular weight excluding hydrogens is 279 g/mol. The van der Waals surface area contributed by atoms with Gasteiger partial charge in [-0.1, -0.05) is 15.9 Å². The number of hydrogen-bond donors (Lipinski definition) is 0. The fourth-order valence-electron chi connectivity index (χ4n) is 0.705. The van der Waals surface area contributed by atoms with Gasteiger partial charge in [0, 0.05) is 18.4 Å². The van der Waals surface area contributed by atoms with Gasteiger partial charge in [0.15, 0.2) is 0 Å². The Morgan fingerprint density at radius 3 is 2.47 bits per heavy atom. The Bertz CT molecular complexity index is 211. The molecule has 0 spiro atoms. The van der Waals surface area contributed by atoms with Gasteiger partial charge in [-0.05, 0) is 6.92 Å². The summed E-state index contributed by atoms with van der Waals surface area (Å²) in [5.41, 5.74) is 0. The Kier molecular flexibility index (Phi) is 6.19. The molecule has 0 aliphatic carbocycles. The van der Waals surface area contributed by atoms with E-state index in [1.807, 2.05) is 0 Å². The molecule has 3 nitrogen and oxygen atoms in total. The predicted octanol–water partition coefficient (Wildman–Crippen LogP) is 1.81. The van der Waals surface area contributed by atoms with E-state index in [-0.39, 0.29) is 6.04 Å². The highest BCUT2D eigenvalue weighted by atomic mass is 79.9. The summed E-state index contributed by atoms with van der Waals surface area (Å²) in [5.74, 6) is -0.466. The first-order valence-corrected chi connectivity index (χ1v) is 5.36. The number of rotatable bonds is 5. The third-order valence-corrected chi connectivity index (χ3v) is 2.71. The van der Waals surface area contributed by atoms with E-state index >= 15 is 0 Å². The van der Waals surface area contributed by atoms with Crippen molar-refractivity contribution < 1.29 is 22.7 Å². The van der Waals surface area contributed by atoms with E-state index in [4.69, 9.17) is 0 Å². The van der Waals surface area contributed by atoms with Crippen LogP contribution < -0.4 is 0 Å². The minimum atomic E-state index is -4.39. The molecule has 90 valence electrons. The third kappa shape index (κ3) is 6.72. The monoisotopic (exact) mass is 291 g/mol. The number of carbonyl (C=O) groups excluding carboxylic acids is 1. The summed E-state index contributed by atoms with van der Waals surface area (Å²) in [6, 6.07) is -0.0769. The van der Waals surface area contributed by atoms with Crippen LogP contribution in [0.15, 0.2) is 0 Å². The van der Waals surface area contributed by atoms with Crippen molar-refractivity contribution in [2.24, 2.45) is 0 Å². The number of halogens is 4. The molecule has 0 rings (SSSR count). The lowest BCUT2D eigenvalue weighted by molar-refractivity contribution is -0.177. The molecule has 7 heteroatoms. The van der Waals surface area contributed by atoms with Gasteiger partial charge in [-0.15, -0.1) is 0 Å². The Hall–Kier alpha value is -0.300. The van der Waals surface area contributed by atoms with Crippen LogP contribution in [-0.2, 0) is 9.53 Å². The number of carbonyl (C=O) groups is 1. The highest BCUT2D eigenvalue weighted by molar-refractivity contribution is 9.09. The Balaban J connectivity index is 3.84. The van der Waals surface area contributed by atoms with Crippen LogP contribution in [0.4, 0.5) is 13.2 Å². The molecule has 0 bridgehead atoms. The molecule has 0 aromatic rings. The standard InChI is InChI=1S/C8H13BrF3NO2/c1-6(3-9)13(2)7(14)4-15-5-8(10,11)12/h6H,3-5H2,1-2H3. The highest BCUT2D eigenvalue weighted by Gasteiger charge is 2.28. The predicted molar refractivity (Wildman–Crippen MR) is 52.9 cm³/mol. The number of hydrogen-bond acceptors (Lipinski definition) is 2. The fraction of sp³-hybridized carbons (Fsp3) is 0.875. The number of amides is 1. The Labute approximate surface area is 94.7 Å². The molecule has 0 aliphatic rings. The number of likely N-dealkylation sites (N-methyl/N-ethyl adjacent to an activating group) is 1. The molecule has 0 heterocycles. The second-order valence-electron chi connectivity index (χ2n) is 3.12. The highest BCUT2D eigenvalue weighted by Crippen LogP contribution is 2.14. The van der Waals surface area contributed by atoms with Gasteiger partial charge in [0.1, 0.15) is 13.2 Å². The minimum Gasteiger partial charge on any atom is -0.362 e. The minimum absolute atomic E-state index is 0.0769. The zero-order valence-electron chi connectivity index (χ0n) is 8.47. The summed E-state index contributed by atoms with van der Waals surface area (Å²) >= 11 is 3.17. The second kappa shape index (κ2) is 6.32. The molecule has 0 aliphatic heterocycles. The first-order chi connectivity index (χ1) is 6.78. The van der Waals surface area contributed by atoms with Crippen LogP contribution in [0, 0.1) is 0 Å². The topological polar surface area (TPSA) is 29.5 Å². The van der Waals surface area contributed by atoms with Crippen molar-refractivity contribution in [3.05, 3.63) is 0 Å². The van der Waals surface area contributed by atoms with Crippen molar-refractivity contribution in [3.63, 3.8) is 0 Å². The van der Waals surface area contributed by atoms with Gasteiger partial charge < -0.3 is 9.64 Å². The van der Waals surface area contributed by atoms with E-state index in [0.717, 1.165) is 0 Å². The lowest BCUT2D eigenvalue weighted by atomic mass is 10.3. The van der Waals surface area contributed by atoms with Crippen molar-refractivity contribution in [1.29, 1.82) is 0 Å². The van der Waals surface area contributed by atoms with Gasteiger partial charge in [-0.2, -0.15) is 13.2 Å². The van der Waals surface area contributed by atoms with E-state index in [2.05, 4.69) is 20.7 Å². The molecule has 0 saturated carbocycles. The van der Waals surface area contributed by atoms with Crippen LogP contribution >= 0.6 is 15.9 Å². The van der Waals surface area contributed by atoms with Crippen LogP contribution in [-0.4, -0.2) is 48.6 Å². The van der Waals surface area contributed by atoms with Crippen LogP contribution in [0.5, 0.6) is 0 Å². The maximum absolute atomic E-state index is 11.7. The molecule has 1 unspecified atom stereocenters. The first-order valence-electron chi connectivity index (χ1n) is 4.24. The summed E-state index contributed by atoms with van der Waals surface area (Å²) in [7, 11) is 1.52. The number of alkyl halides is 4. The fourth-order valence-corrected chi connectivity index (χ4v) is 1.14. The second-order valence-corrected chi connectivity index (χ2v) is 3.76. The molecule has 1 atom stereocenters. The average Bonchev–Trinajstić information content (AvgIpc) is 2.13. The van der Waals surface area contributed by atoms with Gasteiger partial charge in [0.05, 0.1) is 0 Å². The zero-order valence-corrected chi connectivity index (χ0v) is 10.1. The van der Waals surface area contributed by atoms with Crippen molar-refractivity contribution in [1.82, 2.24) is 4.90 Å². The lowest BCUT2D eigenvalue weighted by Gasteiger charge is -2.23. The molecule has 1 amide bonds. The molecule has 15 heavy (non-hydrogen) atoms. The molecular formula is C8H13BrF3NO2. The smallest absolute Gasteiger partial charge is 0.362 e. The molecule has 0 aromatic heterocycles. The van der Waals surface area contributed by atoms with Crippen LogP contribution in [0.1, 0.15) is 6.92 Å². The maximum atomic E-state index is 11.7. The van der Waals surface area contributed by atoms with Crippen LogP contribution in [0.3, 0.4) is 0 Å². The summed E-state index contributed by atoms with van der Waals surface area (Å²) in [5, 5.41) is 0.564. The summed E-state index contributed by atoms with van der Waals surface area (Å²) in [4.78, 5) is 12.6. The third-order valence-electron chi connectivity index (χ3n) is 1.77. The first kappa shape index (κ1) is 14.7. The van der Waals surface area contributed by atoms with E-state index in [1.165, 1.54) is 11.9 Å². The molecule has 0 fully saturated rings. The summed E-state index contributed by atoms with van der Waals surface area (Å²) in [6.07, 6.45) is -4.39. The van der Waals surface area contributed by atoms with E-state index in [9.17, 15) is 18.0 Å². The number of ether oxygens (including phenoxy) is 1. The lowest BCUT2D eigenvalue weighted by Crippen LogP contribution is -2.39. The quantitative estimate of drug-likeness (QED) is 0.723. The largest absolute Gasteiger partial charge is 0.411 e. The molecule has 0 saturated heterocycles. The van der Waals surface area contributed by atoms with Crippen LogP contribution in [0.2, 0.25) is 0 Å². The van der Waals surface area contributed by atoms with Crippen LogP contribution in [0.25, 0.3) is 0 Å². The van der Waals surface area contributed by atoms with Gasteiger partial charge >= 0.3 is 6.18 Å². The maximum Gasteiger partial charge on any atom is 0.411 e. The molecule has 0 radical (unpaired) electrons.